The molecule has 20 heavy (non-hydrogen) atoms. The highest BCUT2D eigenvalue weighted by Crippen LogP contribution is 2.33. The van der Waals surface area contributed by atoms with Crippen LogP contribution in [0.3, 0.4) is 0 Å². The van der Waals surface area contributed by atoms with Crippen molar-refractivity contribution in [3.63, 3.8) is 0 Å². The van der Waals surface area contributed by atoms with E-state index in [9.17, 15) is 8.78 Å². The molecule has 1 N–H and O–H groups in total. The third-order valence-electron chi connectivity index (χ3n) is 2.93. The fourth-order valence-electron chi connectivity index (χ4n) is 1.98. The molecule has 0 fully saturated rings. The summed E-state index contributed by atoms with van der Waals surface area (Å²) in [6.07, 6.45) is 0. The van der Waals surface area contributed by atoms with Crippen LogP contribution < -0.4 is 5.32 Å². The van der Waals surface area contributed by atoms with Crippen LogP contribution in [0.2, 0.25) is 5.02 Å². The average Bonchev–Trinajstić information content (AvgIpc) is 2.41. The Bertz CT molecular complexity index is 649. The summed E-state index contributed by atoms with van der Waals surface area (Å²) < 4.78 is 29.1. The van der Waals surface area contributed by atoms with Crippen molar-refractivity contribution >= 4 is 43.5 Å². The van der Waals surface area contributed by atoms with Gasteiger partial charge in [-0.3, -0.25) is 0 Å². The predicted molar refractivity (Wildman–Crippen MR) is 84.1 cm³/mol. The van der Waals surface area contributed by atoms with Crippen molar-refractivity contribution in [2.75, 3.05) is 7.05 Å². The van der Waals surface area contributed by atoms with Crippen molar-refractivity contribution in [2.45, 2.75) is 6.04 Å². The highest BCUT2D eigenvalue weighted by atomic mass is 79.9. The minimum absolute atomic E-state index is 0.290. The van der Waals surface area contributed by atoms with Crippen LogP contribution in [0.1, 0.15) is 17.2 Å². The summed E-state index contributed by atoms with van der Waals surface area (Å²) in [4.78, 5) is 0. The molecule has 6 heteroatoms. The van der Waals surface area contributed by atoms with E-state index < -0.39 is 17.7 Å². The highest BCUT2D eigenvalue weighted by molar-refractivity contribution is 9.10. The fourth-order valence-corrected chi connectivity index (χ4v) is 2.85. The zero-order chi connectivity index (χ0) is 14.9. The van der Waals surface area contributed by atoms with Gasteiger partial charge in [0.1, 0.15) is 11.6 Å². The Morgan fingerprint density at radius 1 is 1.10 bits per heavy atom. The topological polar surface area (TPSA) is 12.0 Å². The molecule has 0 spiro atoms. The molecule has 1 unspecified atom stereocenters. The van der Waals surface area contributed by atoms with Crippen LogP contribution in [0.5, 0.6) is 0 Å². The van der Waals surface area contributed by atoms with E-state index in [0.29, 0.717) is 19.5 Å². The second kappa shape index (κ2) is 6.52. The van der Waals surface area contributed by atoms with E-state index in [0.717, 1.165) is 0 Å². The largest absolute Gasteiger partial charge is 0.309 e. The van der Waals surface area contributed by atoms with E-state index in [-0.39, 0.29) is 5.56 Å². The summed E-state index contributed by atoms with van der Waals surface area (Å²) in [5, 5.41) is 3.29. The zero-order valence-corrected chi connectivity index (χ0v) is 14.3. The molecule has 2 aromatic carbocycles. The lowest BCUT2D eigenvalue weighted by atomic mass is 9.98. The van der Waals surface area contributed by atoms with Crippen LogP contribution in [0.4, 0.5) is 8.78 Å². The smallest absolute Gasteiger partial charge is 0.142 e. The molecular formula is C14H10Br2ClF2N. The lowest BCUT2D eigenvalue weighted by Crippen LogP contribution is -2.20. The van der Waals surface area contributed by atoms with Gasteiger partial charge in [0, 0.05) is 15.6 Å². The molecule has 0 bridgehead atoms. The highest BCUT2D eigenvalue weighted by Gasteiger charge is 2.21. The quantitative estimate of drug-likeness (QED) is 0.645. The number of hydrogen-bond donors (Lipinski definition) is 1. The van der Waals surface area contributed by atoms with Gasteiger partial charge in [-0.05, 0) is 57.1 Å². The Hall–Kier alpha value is -0.490. The normalized spacial score (nSPS) is 12.5. The van der Waals surface area contributed by atoms with Crippen LogP contribution in [-0.4, -0.2) is 7.05 Å². The maximum absolute atomic E-state index is 14.2. The molecule has 0 amide bonds. The Kier molecular flexibility index (Phi) is 5.18. The SMILES string of the molecule is CNC(c1cc(Cl)c(Br)cc1F)c1cccc(Br)c1F. The molecule has 0 saturated heterocycles. The molecule has 0 aliphatic rings. The number of halogens is 5. The van der Waals surface area contributed by atoms with Gasteiger partial charge in [0.05, 0.1) is 15.5 Å². The first-order chi connectivity index (χ1) is 9.45. The standard InChI is InChI=1S/C14H10Br2ClF2N/c1-20-14(7-3-2-4-9(15)13(7)19)8-5-11(17)10(16)6-12(8)18/h2-6,14,20H,1H3. The molecule has 0 aliphatic carbocycles. The predicted octanol–water partition coefficient (Wildman–Crippen LogP) is 5.45. The van der Waals surface area contributed by atoms with Crippen molar-refractivity contribution in [3.8, 4) is 0 Å². The summed E-state index contributed by atoms with van der Waals surface area (Å²) in [5.41, 5.74) is 0.636. The van der Waals surface area contributed by atoms with Gasteiger partial charge in [-0.2, -0.15) is 0 Å². The van der Waals surface area contributed by atoms with Crippen molar-refractivity contribution in [1.29, 1.82) is 0 Å². The molecule has 0 radical (unpaired) electrons. The molecule has 0 aliphatic heterocycles. The molecule has 0 saturated carbocycles. The summed E-state index contributed by atoms with van der Waals surface area (Å²) >= 11 is 12.3. The first-order valence-electron chi connectivity index (χ1n) is 5.71. The Morgan fingerprint density at radius 2 is 1.80 bits per heavy atom. The van der Waals surface area contributed by atoms with Crippen molar-refractivity contribution < 1.29 is 8.78 Å². The molecule has 0 heterocycles. The third kappa shape index (κ3) is 3.06. The van der Waals surface area contributed by atoms with Gasteiger partial charge in [0.2, 0.25) is 0 Å². The van der Waals surface area contributed by atoms with Crippen LogP contribution in [-0.2, 0) is 0 Å². The second-order valence-corrected chi connectivity index (χ2v) is 6.27. The van der Waals surface area contributed by atoms with Crippen LogP contribution in [0.25, 0.3) is 0 Å². The first kappa shape index (κ1) is 15.9. The van der Waals surface area contributed by atoms with E-state index in [1.807, 2.05) is 0 Å². The molecule has 2 rings (SSSR count). The Labute approximate surface area is 137 Å². The van der Waals surface area contributed by atoms with E-state index in [1.54, 1.807) is 25.2 Å². The lowest BCUT2D eigenvalue weighted by molar-refractivity contribution is 0.544. The zero-order valence-electron chi connectivity index (χ0n) is 10.4. The number of benzene rings is 2. The number of nitrogens with one attached hydrogen (secondary N) is 1. The fraction of sp³-hybridized carbons (Fsp3) is 0.143. The van der Waals surface area contributed by atoms with Gasteiger partial charge in [-0.25, -0.2) is 8.78 Å². The molecule has 1 atom stereocenters. The van der Waals surface area contributed by atoms with Crippen molar-refractivity contribution in [1.82, 2.24) is 5.32 Å². The van der Waals surface area contributed by atoms with Crippen LogP contribution in [0.15, 0.2) is 39.3 Å². The van der Waals surface area contributed by atoms with Crippen molar-refractivity contribution in [3.05, 3.63) is 67.1 Å². The van der Waals surface area contributed by atoms with E-state index in [1.165, 1.54) is 12.1 Å². The van der Waals surface area contributed by atoms with Gasteiger partial charge >= 0.3 is 0 Å². The summed E-state index contributed by atoms with van der Waals surface area (Å²) in [5.74, 6) is -0.884. The van der Waals surface area contributed by atoms with Gasteiger partial charge in [-0.15, -0.1) is 0 Å². The maximum Gasteiger partial charge on any atom is 0.142 e. The van der Waals surface area contributed by atoms with Gasteiger partial charge in [-0.1, -0.05) is 23.7 Å². The average molecular weight is 425 g/mol. The summed E-state index contributed by atoms with van der Waals surface area (Å²) in [6.45, 7) is 0. The summed E-state index contributed by atoms with van der Waals surface area (Å²) in [6, 6.07) is 7.04. The summed E-state index contributed by atoms with van der Waals surface area (Å²) in [7, 11) is 1.64. The Balaban J connectivity index is 2.58. The van der Waals surface area contributed by atoms with Gasteiger partial charge in [0.25, 0.3) is 0 Å². The van der Waals surface area contributed by atoms with E-state index >= 15 is 0 Å². The maximum atomic E-state index is 14.2. The third-order valence-corrected chi connectivity index (χ3v) is 4.74. The minimum Gasteiger partial charge on any atom is -0.309 e. The molecule has 1 nitrogen and oxygen atoms in total. The Morgan fingerprint density at radius 3 is 2.45 bits per heavy atom. The van der Waals surface area contributed by atoms with Gasteiger partial charge in [0.15, 0.2) is 0 Å². The molecule has 2 aromatic rings. The van der Waals surface area contributed by atoms with E-state index in [4.69, 9.17) is 11.6 Å². The second-order valence-electron chi connectivity index (χ2n) is 4.15. The van der Waals surface area contributed by atoms with Crippen LogP contribution in [0, 0.1) is 11.6 Å². The lowest BCUT2D eigenvalue weighted by Gasteiger charge is -2.19. The molecule has 106 valence electrons. The number of hydrogen-bond acceptors (Lipinski definition) is 1. The monoisotopic (exact) mass is 423 g/mol. The van der Waals surface area contributed by atoms with Gasteiger partial charge < -0.3 is 5.32 Å². The molecule has 0 aromatic heterocycles. The molecular weight excluding hydrogens is 415 g/mol. The van der Waals surface area contributed by atoms with Crippen LogP contribution >= 0.6 is 43.5 Å². The van der Waals surface area contributed by atoms with Crippen molar-refractivity contribution in [2.24, 2.45) is 0 Å². The van der Waals surface area contributed by atoms with E-state index in [2.05, 4.69) is 37.2 Å². The first-order valence-corrected chi connectivity index (χ1v) is 7.67. The minimum atomic E-state index is -0.627. The number of rotatable bonds is 3.